The Bertz CT molecular complexity index is 555. The number of aryl methyl sites for hydroxylation is 1. The molecule has 0 aliphatic rings. The van der Waals surface area contributed by atoms with Gasteiger partial charge >= 0.3 is 6.03 Å². The van der Waals surface area contributed by atoms with E-state index in [-0.39, 0.29) is 4.90 Å². The third-order valence-corrected chi connectivity index (χ3v) is 4.02. The van der Waals surface area contributed by atoms with Gasteiger partial charge in [0.25, 0.3) is 10.0 Å². The summed E-state index contributed by atoms with van der Waals surface area (Å²) >= 11 is 0. The maximum absolute atomic E-state index is 12.0. The van der Waals surface area contributed by atoms with Gasteiger partial charge in [-0.25, -0.2) is 17.9 Å². The lowest BCUT2D eigenvalue weighted by Gasteiger charge is -2.10. The summed E-state index contributed by atoms with van der Waals surface area (Å²) in [4.78, 5) is 11.5. The highest BCUT2D eigenvalue weighted by molar-refractivity contribution is 7.90. The van der Waals surface area contributed by atoms with Gasteiger partial charge in [-0.2, -0.15) is 0 Å². The van der Waals surface area contributed by atoms with Crippen molar-refractivity contribution in [2.24, 2.45) is 0 Å². The lowest BCUT2D eigenvalue weighted by atomic mass is 10.2. The first-order valence-corrected chi connectivity index (χ1v) is 7.52. The van der Waals surface area contributed by atoms with Crippen LogP contribution >= 0.6 is 0 Å². The standard InChI is InChI=1S/C12H19N3O3S/c1-3-4-7-14-12(16)15-19(17,18)11-8-10(13)6-5-9(11)2/h5-6,8H,3-4,7,13H2,1-2H3,(H2,14,15,16). The zero-order valence-corrected chi connectivity index (χ0v) is 11.9. The zero-order valence-electron chi connectivity index (χ0n) is 11.1. The van der Waals surface area contributed by atoms with E-state index >= 15 is 0 Å². The Kier molecular flexibility index (Phi) is 5.17. The number of nitrogens with two attached hydrogens (primary N) is 1. The molecule has 0 radical (unpaired) electrons. The van der Waals surface area contributed by atoms with E-state index in [0.29, 0.717) is 17.8 Å². The van der Waals surface area contributed by atoms with Crippen molar-refractivity contribution in [3.05, 3.63) is 23.8 Å². The molecule has 106 valence electrons. The summed E-state index contributed by atoms with van der Waals surface area (Å²) in [5.74, 6) is 0. The molecule has 0 bridgehead atoms. The number of nitrogens with one attached hydrogen (secondary N) is 2. The van der Waals surface area contributed by atoms with Gasteiger partial charge in [0.1, 0.15) is 0 Å². The summed E-state index contributed by atoms with van der Waals surface area (Å²) in [6.07, 6.45) is 1.71. The summed E-state index contributed by atoms with van der Waals surface area (Å²) in [7, 11) is -3.89. The van der Waals surface area contributed by atoms with Gasteiger partial charge in [-0.3, -0.25) is 0 Å². The van der Waals surface area contributed by atoms with Gasteiger partial charge in [0.15, 0.2) is 0 Å². The molecule has 0 saturated carbocycles. The number of carbonyl (C=O) groups is 1. The molecule has 0 heterocycles. The van der Waals surface area contributed by atoms with Crippen molar-refractivity contribution in [3.63, 3.8) is 0 Å². The van der Waals surface area contributed by atoms with Gasteiger partial charge in [0.2, 0.25) is 0 Å². The second-order valence-corrected chi connectivity index (χ2v) is 5.89. The smallest absolute Gasteiger partial charge is 0.328 e. The van der Waals surface area contributed by atoms with Gasteiger partial charge in [0.05, 0.1) is 4.90 Å². The largest absolute Gasteiger partial charge is 0.399 e. The molecule has 6 nitrogen and oxygen atoms in total. The number of anilines is 1. The van der Waals surface area contributed by atoms with Gasteiger partial charge < -0.3 is 11.1 Å². The van der Waals surface area contributed by atoms with Crippen molar-refractivity contribution in [2.45, 2.75) is 31.6 Å². The number of carbonyl (C=O) groups excluding carboxylic acids is 1. The Morgan fingerprint density at radius 2 is 2.05 bits per heavy atom. The molecule has 0 unspecified atom stereocenters. The minimum Gasteiger partial charge on any atom is -0.399 e. The van der Waals surface area contributed by atoms with Crippen LogP contribution in [0, 0.1) is 6.92 Å². The Labute approximate surface area is 113 Å². The molecule has 0 saturated heterocycles. The van der Waals surface area contributed by atoms with Gasteiger partial charge in [-0.05, 0) is 31.0 Å². The maximum atomic E-state index is 12.0. The molecule has 19 heavy (non-hydrogen) atoms. The van der Waals surface area contributed by atoms with Crippen LogP contribution in [-0.4, -0.2) is 21.0 Å². The number of unbranched alkanes of at least 4 members (excludes halogenated alkanes) is 1. The average molecular weight is 285 g/mol. The van der Waals surface area contributed by atoms with Gasteiger partial charge in [-0.15, -0.1) is 0 Å². The fourth-order valence-corrected chi connectivity index (χ4v) is 2.71. The van der Waals surface area contributed by atoms with Crippen LogP contribution in [0.25, 0.3) is 0 Å². The first-order chi connectivity index (χ1) is 8.86. The Balaban J connectivity index is 2.81. The Morgan fingerprint density at radius 3 is 2.68 bits per heavy atom. The fourth-order valence-electron chi connectivity index (χ4n) is 1.50. The van der Waals surface area contributed by atoms with E-state index in [1.54, 1.807) is 19.1 Å². The summed E-state index contributed by atoms with van der Waals surface area (Å²) in [5, 5.41) is 2.48. The third kappa shape index (κ3) is 4.44. The molecule has 0 aliphatic carbocycles. The van der Waals surface area contributed by atoms with Crippen LogP contribution in [-0.2, 0) is 10.0 Å². The summed E-state index contributed by atoms with van der Waals surface area (Å²) in [5.41, 5.74) is 6.42. The number of sulfonamides is 1. The first kappa shape index (κ1) is 15.3. The minimum absolute atomic E-state index is 0.0122. The van der Waals surface area contributed by atoms with Crippen LogP contribution in [0.1, 0.15) is 25.3 Å². The minimum atomic E-state index is -3.89. The van der Waals surface area contributed by atoms with Gasteiger partial charge in [-0.1, -0.05) is 19.4 Å². The number of nitrogen functional groups attached to an aromatic ring is 1. The second kappa shape index (κ2) is 6.42. The zero-order chi connectivity index (χ0) is 14.5. The van der Waals surface area contributed by atoms with E-state index in [1.165, 1.54) is 6.07 Å². The van der Waals surface area contributed by atoms with E-state index in [4.69, 9.17) is 5.73 Å². The number of amides is 2. The number of urea groups is 1. The van der Waals surface area contributed by atoms with Crippen LogP contribution in [0.3, 0.4) is 0 Å². The molecule has 0 aromatic heterocycles. The third-order valence-electron chi connectivity index (χ3n) is 2.54. The fraction of sp³-hybridized carbons (Fsp3) is 0.417. The Morgan fingerprint density at radius 1 is 1.37 bits per heavy atom. The molecule has 7 heteroatoms. The SMILES string of the molecule is CCCCNC(=O)NS(=O)(=O)c1cc(N)ccc1C. The van der Waals surface area contributed by atoms with Crippen LogP contribution < -0.4 is 15.8 Å². The number of benzene rings is 1. The molecular formula is C12H19N3O3S. The van der Waals surface area contributed by atoms with Crippen molar-refractivity contribution >= 4 is 21.7 Å². The molecule has 1 rings (SSSR count). The number of hydrogen-bond acceptors (Lipinski definition) is 4. The van der Waals surface area contributed by atoms with E-state index in [0.717, 1.165) is 12.8 Å². The molecule has 0 atom stereocenters. The van der Waals surface area contributed by atoms with E-state index in [1.807, 2.05) is 11.6 Å². The number of rotatable bonds is 5. The lowest BCUT2D eigenvalue weighted by molar-refractivity contribution is 0.245. The van der Waals surface area contributed by atoms with Crippen molar-refractivity contribution in [1.29, 1.82) is 0 Å². The van der Waals surface area contributed by atoms with Crippen molar-refractivity contribution in [1.82, 2.24) is 10.0 Å². The molecule has 0 aliphatic heterocycles. The van der Waals surface area contributed by atoms with Crippen molar-refractivity contribution < 1.29 is 13.2 Å². The van der Waals surface area contributed by atoms with Gasteiger partial charge in [0, 0.05) is 12.2 Å². The highest BCUT2D eigenvalue weighted by Gasteiger charge is 2.19. The maximum Gasteiger partial charge on any atom is 0.328 e. The molecule has 4 N–H and O–H groups in total. The van der Waals surface area contributed by atoms with E-state index in [2.05, 4.69) is 5.32 Å². The normalized spacial score (nSPS) is 11.1. The van der Waals surface area contributed by atoms with Crippen molar-refractivity contribution in [3.8, 4) is 0 Å². The molecule has 0 spiro atoms. The van der Waals surface area contributed by atoms with E-state index < -0.39 is 16.1 Å². The predicted octanol–water partition coefficient (Wildman–Crippen LogP) is 1.37. The number of hydrogen-bond donors (Lipinski definition) is 3. The average Bonchev–Trinajstić information content (AvgIpc) is 2.32. The highest BCUT2D eigenvalue weighted by atomic mass is 32.2. The monoisotopic (exact) mass is 285 g/mol. The van der Waals surface area contributed by atoms with Crippen LogP contribution in [0.5, 0.6) is 0 Å². The second-order valence-electron chi connectivity index (χ2n) is 4.24. The highest BCUT2D eigenvalue weighted by Crippen LogP contribution is 2.17. The molecule has 2 amide bonds. The predicted molar refractivity (Wildman–Crippen MR) is 74.2 cm³/mol. The Hall–Kier alpha value is -1.76. The molecular weight excluding hydrogens is 266 g/mol. The van der Waals surface area contributed by atoms with Crippen molar-refractivity contribution in [2.75, 3.05) is 12.3 Å². The van der Waals surface area contributed by atoms with Crippen LogP contribution in [0.2, 0.25) is 0 Å². The summed E-state index contributed by atoms with van der Waals surface area (Å²) in [6.45, 7) is 4.06. The summed E-state index contributed by atoms with van der Waals surface area (Å²) in [6, 6.07) is 3.81. The molecule has 1 aromatic rings. The van der Waals surface area contributed by atoms with Crippen LogP contribution in [0.15, 0.2) is 23.1 Å². The quantitative estimate of drug-likeness (QED) is 0.561. The van der Waals surface area contributed by atoms with E-state index in [9.17, 15) is 13.2 Å². The molecule has 0 fully saturated rings. The topological polar surface area (TPSA) is 101 Å². The first-order valence-electron chi connectivity index (χ1n) is 6.03. The lowest BCUT2D eigenvalue weighted by Crippen LogP contribution is -2.40. The summed E-state index contributed by atoms with van der Waals surface area (Å²) < 4.78 is 26.0. The molecule has 1 aromatic carbocycles. The van der Waals surface area contributed by atoms with Crippen LogP contribution in [0.4, 0.5) is 10.5 Å².